The van der Waals surface area contributed by atoms with Gasteiger partial charge in [0.25, 0.3) is 0 Å². The molecule has 0 radical (unpaired) electrons. The van der Waals surface area contributed by atoms with E-state index < -0.39 is 12.1 Å². The smallest absolute Gasteiger partial charge is 0.304 e. The summed E-state index contributed by atoms with van der Waals surface area (Å²) < 4.78 is 0. The molecule has 90 valence electrons. The largest absolute Gasteiger partial charge is 0.481 e. The first-order valence-corrected chi connectivity index (χ1v) is 5.34. The van der Waals surface area contributed by atoms with Crippen molar-refractivity contribution in [1.82, 2.24) is 5.32 Å². The van der Waals surface area contributed by atoms with E-state index in [2.05, 4.69) is 26.1 Å². The first-order valence-electron chi connectivity index (χ1n) is 5.34. The summed E-state index contributed by atoms with van der Waals surface area (Å²) in [6.45, 7) is 8.45. The van der Waals surface area contributed by atoms with E-state index in [1.54, 1.807) is 6.92 Å². The number of aliphatic hydroxyl groups is 1. The Morgan fingerprint density at radius 3 is 2.33 bits per heavy atom. The van der Waals surface area contributed by atoms with Gasteiger partial charge < -0.3 is 15.5 Å². The van der Waals surface area contributed by atoms with E-state index in [9.17, 15) is 9.90 Å². The van der Waals surface area contributed by atoms with E-state index in [1.165, 1.54) is 0 Å². The average molecular weight is 217 g/mol. The molecule has 0 saturated carbocycles. The Morgan fingerprint density at radius 2 is 1.93 bits per heavy atom. The van der Waals surface area contributed by atoms with Gasteiger partial charge in [0, 0.05) is 12.6 Å². The number of carboxylic acid groups (broad SMARTS) is 1. The van der Waals surface area contributed by atoms with Crippen LogP contribution >= 0.6 is 0 Å². The molecular weight excluding hydrogens is 194 g/mol. The molecule has 2 atom stereocenters. The third kappa shape index (κ3) is 9.69. The topological polar surface area (TPSA) is 69.6 Å². The quantitative estimate of drug-likeness (QED) is 0.626. The molecule has 0 aromatic rings. The summed E-state index contributed by atoms with van der Waals surface area (Å²) in [5, 5.41) is 21.2. The summed E-state index contributed by atoms with van der Waals surface area (Å²) in [6.07, 6.45) is 0.378. The van der Waals surface area contributed by atoms with Gasteiger partial charge in [-0.2, -0.15) is 0 Å². The van der Waals surface area contributed by atoms with Crippen LogP contribution in [0, 0.1) is 5.41 Å². The van der Waals surface area contributed by atoms with Gasteiger partial charge in [-0.1, -0.05) is 20.8 Å². The minimum atomic E-state index is -0.819. The summed E-state index contributed by atoms with van der Waals surface area (Å²) in [4.78, 5) is 10.4. The van der Waals surface area contributed by atoms with Gasteiger partial charge in [0.15, 0.2) is 0 Å². The minimum absolute atomic E-state index is 0.0856. The molecule has 3 N–H and O–H groups in total. The number of nitrogens with one attached hydrogen (secondary N) is 1. The molecule has 0 bridgehead atoms. The second-order valence-electron chi connectivity index (χ2n) is 5.33. The Bertz CT molecular complexity index is 198. The fourth-order valence-corrected chi connectivity index (χ4v) is 1.45. The van der Waals surface area contributed by atoms with Crippen molar-refractivity contribution in [3.05, 3.63) is 0 Å². The normalized spacial score (nSPS) is 16.1. The molecule has 15 heavy (non-hydrogen) atoms. The molecule has 0 fully saturated rings. The van der Waals surface area contributed by atoms with Crippen molar-refractivity contribution < 1.29 is 15.0 Å². The number of hydrogen-bond acceptors (Lipinski definition) is 3. The lowest BCUT2D eigenvalue weighted by atomic mass is 9.89. The molecule has 0 amide bonds. The molecule has 0 spiro atoms. The van der Waals surface area contributed by atoms with Gasteiger partial charge in [-0.05, 0) is 18.8 Å². The first kappa shape index (κ1) is 14.4. The average Bonchev–Trinajstić information content (AvgIpc) is 1.96. The standard InChI is InChI=1S/C11H23NO3/c1-8(5-10(14)15)12-7-9(13)6-11(2,3)4/h8-9,12-13H,5-7H2,1-4H3,(H,14,15). The molecule has 4 nitrogen and oxygen atoms in total. The fourth-order valence-electron chi connectivity index (χ4n) is 1.45. The zero-order valence-corrected chi connectivity index (χ0v) is 10.1. The van der Waals surface area contributed by atoms with Crippen molar-refractivity contribution in [2.45, 2.75) is 52.7 Å². The van der Waals surface area contributed by atoms with Gasteiger partial charge in [-0.15, -0.1) is 0 Å². The van der Waals surface area contributed by atoms with Crippen LogP contribution in [0.2, 0.25) is 0 Å². The second kappa shape index (κ2) is 6.08. The van der Waals surface area contributed by atoms with Crippen LogP contribution < -0.4 is 5.32 Å². The number of hydrogen-bond donors (Lipinski definition) is 3. The molecule has 0 aliphatic rings. The van der Waals surface area contributed by atoms with E-state index >= 15 is 0 Å². The summed E-state index contributed by atoms with van der Waals surface area (Å²) >= 11 is 0. The Balaban J connectivity index is 3.71. The van der Waals surface area contributed by atoms with Gasteiger partial charge in [0.1, 0.15) is 0 Å². The van der Waals surface area contributed by atoms with E-state index in [1.807, 2.05) is 0 Å². The SMILES string of the molecule is CC(CC(=O)O)NCC(O)CC(C)(C)C. The summed E-state index contributed by atoms with van der Waals surface area (Å²) in [5.74, 6) is -0.819. The Labute approximate surface area is 91.7 Å². The van der Waals surface area contributed by atoms with Gasteiger partial charge in [-0.3, -0.25) is 4.79 Å². The van der Waals surface area contributed by atoms with Crippen molar-refractivity contribution >= 4 is 5.97 Å². The Kier molecular flexibility index (Phi) is 5.83. The van der Waals surface area contributed by atoms with Gasteiger partial charge in [0.05, 0.1) is 12.5 Å². The third-order valence-corrected chi connectivity index (χ3v) is 2.03. The fraction of sp³-hybridized carbons (Fsp3) is 0.909. The molecule has 0 aromatic carbocycles. The second-order valence-corrected chi connectivity index (χ2v) is 5.33. The third-order valence-electron chi connectivity index (χ3n) is 2.03. The van der Waals surface area contributed by atoms with Crippen LogP contribution in [-0.4, -0.2) is 34.9 Å². The van der Waals surface area contributed by atoms with Crippen LogP contribution in [0.5, 0.6) is 0 Å². The van der Waals surface area contributed by atoms with E-state index in [0.717, 1.165) is 0 Å². The lowest BCUT2D eigenvalue weighted by molar-refractivity contribution is -0.137. The Hall–Kier alpha value is -0.610. The maximum absolute atomic E-state index is 10.4. The van der Waals surface area contributed by atoms with Crippen LogP contribution in [0.15, 0.2) is 0 Å². The summed E-state index contributed by atoms with van der Waals surface area (Å²) in [5.41, 5.74) is 0.0944. The molecular formula is C11H23NO3. The lowest BCUT2D eigenvalue weighted by Gasteiger charge is -2.23. The molecule has 0 rings (SSSR count). The molecule has 0 aromatic heterocycles. The number of rotatable bonds is 6. The van der Waals surface area contributed by atoms with E-state index in [4.69, 9.17) is 5.11 Å². The van der Waals surface area contributed by atoms with Crippen molar-refractivity contribution in [3.8, 4) is 0 Å². The molecule has 0 saturated heterocycles. The highest BCUT2D eigenvalue weighted by molar-refractivity contribution is 5.67. The van der Waals surface area contributed by atoms with Crippen molar-refractivity contribution in [2.75, 3.05) is 6.54 Å². The molecule has 0 aliphatic heterocycles. The lowest BCUT2D eigenvalue weighted by Crippen LogP contribution is -2.36. The highest BCUT2D eigenvalue weighted by Gasteiger charge is 2.17. The minimum Gasteiger partial charge on any atom is -0.481 e. The van der Waals surface area contributed by atoms with Crippen molar-refractivity contribution in [2.24, 2.45) is 5.41 Å². The molecule has 0 aliphatic carbocycles. The van der Waals surface area contributed by atoms with Gasteiger partial charge >= 0.3 is 5.97 Å². The number of aliphatic hydroxyl groups excluding tert-OH is 1. The van der Waals surface area contributed by atoms with Crippen LogP contribution in [0.1, 0.15) is 40.5 Å². The highest BCUT2D eigenvalue weighted by Crippen LogP contribution is 2.20. The molecule has 4 heteroatoms. The number of carboxylic acids is 1. The maximum Gasteiger partial charge on any atom is 0.304 e. The highest BCUT2D eigenvalue weighted by atomic mass is 16.4. The number of carbonyl (C=O) groups is 1. The zero-order chi connectivity index (χ0) is 12.1. The predicted molar refractivity (Wildman–Crippen MR) is 59.8 cm³/mol. The van der Waals surface area contributed by atoms with Crippen molar-refractivity contribution in [1.29, 1.82) is 0 Å². The van der Waals surface area contributed by atoms with Crippen LogP contribution in [0.25, 0.3) is 0 Å². The monoisotopic (exact) mass is 217 g/mol. The van der Waals surface area contributed by atoms with Crippen molar-refractivity contribution in [3.63, 3.8) is 0 Å². The van der Waals surface area contributed by atoms with Crippen LogP contribution in [-0.2, 0) is 4.79 Å². The van der Waals surface area contributed by atoms with E-state index in [0.29, 0.717) is 13.0 Å². The number of aliphatic carboxylic acids is 1. The molecule has 2 unspecified atom stereocenters. The molecule has 0 heterocycles. The maximum atomic E-state index is 10.4. The van der Waals surface area contributed by atoms with Crippen LogP contribution in [0.4, 0.5) is 0 Å². The first-order chi connectivity index (χ1) is 6.70. The Morgan fingerprint density at radius 1 is 1.40 bits per heavy atom. The zero-order valence-electron chi connectivity index (χ0n) is 10.1. The van der Waals surface area contributed by atoms with E-state index in [-0.39, 0.29) is 17.9 Å². The summed E-state index contributed by atoms with van der Waals surface area (Å²) in [6, 6.07) is -0.0999. The predicted octanol–water partition coefficient (Wildman–Crippen LogP) is 1.24. The van der Waals surface area contributed by atoms with Gasteiger partial charge in [-0.25, -0.2) is 0 Å². The van der Waals surface area contributed by atoms with Gasteiger partial charge in [0.2, 0.25) is 0 Å². The summed E-state index contributed by atoms with van der Waals surface area (Å²) in [7, 11) is 0. The van der Waals surface area contributed by atoms with Crippen LogP contribution in [0.3, 0.4) is 0 Å².